The molecule has 1 aliphatic heterocycles. The Morgan fingerprint density at radius 2 is 1.97 bits per heavy atom. The number of imide groups is 1. The molecule has 0 aromatic heterocycles. The Bertz CT molecular complexity index is 849. The molecular formula is C22H29N3O5. The van der Waals surface area contributed by atoms with Gasteiger partial charge < -0.3 is 15.4 Å². The third kappa shape index (κ3) is 4.17. The molecule has 1 saturated heterocycles. The summed E-state index contributed by atoms with van der Waals surface area (Å²) in [7, 11) is 0. The highest BCUT2D eigenvalue weighted by atomic mass is 16.5. The molecular weight excluding hydrogens is 386 g/mol. The predicted molar refractivity (Wildman–Crippen MR) is 109 cm³/mol. The lowest BCUT2D eigenvalue weighted by molar-refractivity contribution is -0.157. The molecule has 0 spiro atoms. The standard InChI is InChI=1S/C22H29N3O5/c1-4-22(5-2)20(28)25(21(29)24-22)13-18(26)30-14(3)19(27)23-17-12-8-10-15-9-6-7-11-16(15)17/h6-7,9,11,14,17H,4-5,8,10,12-13H2,1-3H3,(H,23,27)(H,24,29)/t14-,17-/m1/s1. The lowest BCUT2D eigenvalue weighted by Gasteiger charge is -2.27. The van der Waals surface area contributed by atoms with Gasteiger partial charge >= 0.3 is 12.0 Å². The van der Waals surface area contributed by atoms with Crippen LogP contribution in [0.1, 0.15) is 63.6 Å². The molecule has 1 aliphatic carbocycles. The van der Waals surface area contributed by atoms with E-state index in [1.165, 1.54) is 12.5 Å². The second-order valence-corrected chi connectivity index (χ2v) is 7.89. The van der Waals surface area contributed by atoms with Crippen LogP contribution in [0.2, 0.25) is 0 Å². The van der Waals surface area contributed by atoms with Gasteiger partial charge in [0.15, 0.2) is 6.10 Å². The molecule has 0 bridgehead atoms. The number of esters is 1. The molecule has 1 aromatic rings. The first kappa shape index (κ1) is 21.8. The third-order valence-corrected chi connectivity index (χ3v) is 6.10. The fraction of sp³-hybridized carbons (Fsp3) is 0.545. The zero-order chi connectivity index (χ0) is 21.9. The van der Waals surface area contributed by atoms with Gasteiger partial charge in [0.2, 0.25) is 0 Å². The smallest absolute Gasteiger partial charge is 0.327 e. The Morgan fingerprint density at radius 1 is 1.27 bits per heavy atom. The van der Waals surface area contributed by atoms with Crippen molar-refractivity contribution in [1.29, 1.82) is 0 Å². The number of carbonyl (C=O) groups excluding carboxylic acids is 4. The Balaban J connectivity index is 1.57. The van der Waals surface area contributed by atoms with Gasteiger partial charge in [-0.15, -0.1) is 0 Å². The number of benzene rings is 1. The van der Waals surface area contributed by atoms with Crippen LogP contribution in [-0.4, -0.2) is 46.9 Å². The van der Waals surface area contributed by atoms with Crippen LogP contribution in [0.5, 0.6) is 0 Å². The summed E-state index contributed by atoms with van der Waals surface area (Å²) in [6, 6.07) is 7.25. The van der Waals surface area contributed by atoms with Crippen molar-refractivity contribution in [2.24, 2.45) is 0 Å². The van der Waals surface area contributed by atoms with Crippen LogP contribution in [0.3, 0.4) is 0 Å². The van der Waals surface area contributed by atoms with Crippen LogP contribution >= 0.6 is 0 Å². The number of aryl methyl sites for hydroxylation is 1. The van der Waals surface area contributed by atoms with E-state index in [1.807, 2.05) is 18.2 Å². The summed E-state index contributed by atoms with van der Waals surface area (Å²) in [5.74, 6) is -1.64. The first-order valence-electron chi connectivity index (χ1n) is 10.5. The van der Waals surface area contributed by atoms with Crippen molar-refractivity contribution in [3.05, 3.63) is 35.4 Å². The lowest BCUT2D eigenvalue weighted by Crippen LogP contribution is -2.46. The van der Waals surface area contributed by atoms with Crippen molar-refractivity contribution in [2.75, 3.05) is 6.54 Å². The Labute approximate surface area is 176 Å². The number of fused-ring (bicyclic) bond motifs is 1. The first-order chi connectivity index (χ1) is 14.3. The molecule has 1 aromatic carbocycles. The van der Waals surface area contributed by atoms with Gasteiger partial charge in [-0.3, -0.25) is 19.3 Å². The highest BCUT2D eigenvalue weighted by Crippen LogP contribution is 2.29. The quantitative estimate of drug-likeness (QED) is 0.525. The average Bonchev–Trinajstić information content (AvgIpc) is 2.98. The maximum absolute atomic E-state index is 12.6. The van der Waals surface area contributed by atoms with Crippen LogP contribution in [0.15, 0.2) is 24.3 Å². The van der Waals surface area contributed by atoms with Crippen LogP contribution in [0.4, 0.5) is 4.79 Å². The number of rotatable bonds is 7. The van der Waals surface area contributed by atoms with Crippen LogP contribution in [0.25, 0.3) is 0 Å². The fourth-order valence-corrected chi connectivity index (χ4v) is 4.16. The average molecular weight is 415 g/mol. The number of nitrogens with zero attached hydrogens (tertiary/aromatic N) is 1. The number of nitrogens with one attached hydrogen (secondary N) is 2. The highest BCUT2D eigenvalue weighted by Gasteiger charge is 2.49. The molecule has 8 heteroatoms. The summed E-state index contributed by atoms with van der Waals surface area (Å²) < 4.78 is 5.21. The van der Waals surface area contributed by atoms with E-state index in [1.54, 1.807) is 13.8 Å². The molecule has 2 aliphatic rings. The van der Waals surface area contributed by atoms with Crippen molar-refractivity contribution in [1.82, 2.24) is 15.5 Å². The first-order valence-corrected chi connectivity index (χ1v) is 10.5. The van der Waals surface area contributed by atoms with Gasteiger partial charge in [0.05, 0.1) is 6.04 Å². The monoisotopic (exact) mass is 415 g/mol. The molecule has 0 unspecified atom stereocenters. The number of hydrogen-bond acceptors (Lipinski definition) is 5. The zero-order valence-corrected chi connectivity index (χ0v) is 17.7. The minimum absolute atomic E-state index is 0.121. The fourth-order valence-electron chi connectivity index (χ4n) is 4.16. The SMILES string of the molecule is CCC1(CC)NC(=O)N(CC(=O)O[C@H](C)C(=O)N[C@@H]2CCCc3ccccc32)C1=O. The normalized spacial score (nSPS) is 20.9. The lowest BCUT2D eigenvalue weighted by atomic mass is 9.87. The maximum atomic E-state index is 12.6. The Kier molecular flexibility index (Phi) is 6.43. The molecule has 0 radical (unpaired) electrons. The van der Waals surface area contributed by atoms with E-state index in [4.69, 9.17) is 4.74 Å². The number of carbonyl (C=O) groups is 4. The number of urea groups is 1. The van der Waals surface area contributed by atoms with Gasteiger partial charge in [-0.25, -0.2) is 4.79 Å². The van der Waals surface area contributed by atoms with Crippen LogP contribution in [-0.2, 0) is 25.5 Å². The molecule has 3 rings (SSSR count). The van der Waals surface area contributed by atoms with Gasteiger partial charge in [0, 0.05) is 0 Å². The number of hydrogen-bond donors (Lipinski definition) is 2. The minimum atomic E-state index is -1.03. The van der Waals surface area contributed by atoms with E-state index < -0.39 is 42.0 Å². The summed E-state index contributed by atoms with van der Waals surface area (Å²) >= 11 is 0. The molecule has 1 heterocycles. The molecule has 0 saturated carbocycles. The van der Waals surface area contributed by atoms with E-state index in [-0.39, 0.29) is 6.04 Å². The maximum Gasteiger partial charge on any atom is 0.327 e. The summed E-state index contributed by atoms with van der Waals surface area (Å²) in [6.45, 7) is 4.57. The Morgan fingerprint density at radius 3 is 2.63 bits per heavy atom. The van der Waals surface area contributed by atoms with Gasteiger partial charge in [-0.05, 0) is 50.2 Å². The van der Waals surface area contributed by atoms with Crippen molar-refractivity contribution >= 4 is 23.8 Å². The summed E-state index contributed by atoms with van der Waals surface area (Å²) in [5, 5.41) is 5.61. The predicted octanol–water partition coefficient (Wildman–Crippen LogP) is 2.22. The third-order valence-electron chi connectivity index (χ3n) is 6.10. The van der Waals surface area contributed by atoms with Gasteiger partial charge in [0.1, 0.15) is 12.1 Å². The molecule has 162 valence electrons. The Hall–Kier alpha value is -2.90. The van der Waals surface area contributed by atoms with Crippen LogP contribution < -0.4 is 10.6 Å². The number of amides is 4. The summed E-state index contributed by atoms with van der Waals surface area (Å²) in [5.41, 5.74) is 1.33. The second-order valence-electron chi connectivity index (χ2n) is 7.89. The van der Waals surface area contributed by atoms with E-state index >= 15 is 0 Å². The minimum Gasteiger partial charge on any atom is -0.451 e. The molecule has 2 atom stereocenters. The van der Waals surface area contributed by atoms with Gasteiger partial charge in [-0.1, -0.05) is 38.1 Å². The highest BCUT2D eigenvalue weighted by molar-refractivity contribution is 6.08. The van der Waals surface area contributed by atoms with Crippen LogP contribution in [0, 0.1) is 0 Å². The van der Waals surface area contributed by atoms with E-state index in [0.29, 0.717) is 12.8 Å². The van der Waals surface area contributed by atoms with Crippen molar-refractivity contribution in [3.63, 3.8) is 0 Å². The second kappa shape index (κ2) is 8.85. The molecule has 30 heavy (non-hydrogen) atoms. The van der Waals surface area contributed by atoms with Crippen molar-refractivity contribution in [2.45, 2.75) is 70.6 Å². The topological polar surface area (TPSA) is 105 Å². The largest absolute Gasteiger partial charge is 0.451 e. The van der Waals surface area contributed by atoms with Gasteiger partial charge in [0.25, 0.3) is 11.8 Å². The molecule has 8 nitrogen and oxygen atoms in total. The van der Waals surface area contributed by atoms with Gasteiger partial charge in [-0.2, -0.15) is 0 Å². The molecule has 2 N–H and O–H groups in total. The van der Waals surface area contributed by atoms with E-state index in [2.05, 4.69) is 16.7 Å². The number of ether oxygens (including phenoxy) is 1. The zero-order valence-electron chi connectivity index (χ0n) is 17.7. The summed E-state index contributed by atoms with van der Waals surface area (Å²) in [4.78, 5) is 50.5. The van der Waals surface area contributed by atoms with E-state index in [0.717, 1.165) is 29.7 Å². The van der Waals surface area contributed by atoms with E-state index in [9.17, 15) is 19.2 Å². The van der Waals surface area contributed by atoms with Crippen molar-refractivity contribution < 1.29 is 23.9 Å². The molecule has 4 amide bonds. The molecule has 1 fully saturated rings. The summed E-state index contributed by atoms with van der Waals surface area (Å²) in [6.07, 6.45) is 2.61. The van der Waals surface area contributed by atoms with Crippen molar-refractivity contribution in [3.8, 4) is 0 Å².